The zero-order valence-corrected chi connectivity index (χ0v) is 14.3. The van der Waals surface area contributed by atoms with Crippen LogP contribution in [-0.2, 0) is 10.0 Å². The summed E-state index contributed by atoms with van der Waals surface area (Å²) in [6.45, 7) is 7.16. The quantitative estimate of drug-likeness (QED) is 0.693. The van der Waals surface area contributed by atoms with Gasteiger partial charge in [-0.1, -0.05) is 29.8 Å². The highest BCUT2D eigenvalue weighted by Crippen LogP contribution is 2.27. The first-order chi connectivity index (χ1) is 9.36. The lowest BCUT2D eigenvalue weighted by molar-refractivity contribution is 0.331. The standard InChI is InChI=1S/C13H21BrN2O3S/c1-4-19-12-6-5-11(14)9-13(12)20(17,18)16-8-7-15-10(2)3/h5-6,9-10,15-16H,4,7-8H2,1-3H3. The van der Waals surface area contributed by atoms with E-state index in [0.717, 1.165) is 0 Å². The van der Waals surface area contributed by atoms with Crippen molar-refractivity contribution in [3.63, 3.8) is 0 Å². The molecule has 0 amide bonds. The molecule has 0 atom stereocenters. The molecule has 114 valence electrons. The predicted octanol–water partition coefficient (Wildman–Crippen LogP) is 2.12. The summed E-state index contributed by atoms with van der Waals surface area (Å²) in [4.78, 5) is 0.151. The third-order valence-electron chi connectivity index (χ3n) is 2.46. The van der Waals surface area contributed by atoms with Crippen molar-refractivity contribution in [1.82, 2.24) is 10.0 Å². The molecule has 1 aromatic carbocycles. The molecule has 0 aromatic heterocycles. The fraction of sp³-hybridized carbons (Fsp3) is 0.538. The molecule has 7 heteroatoms. The molecule has 1 rings (SSSR count). The first-order valence-electron chi connectivity index (χ1n) is 6.52. The van der Waals surface area contributed by atoms with E-state index in [4.69, 9.17) is 4.74 Å². The Bertz CT molecular complexity index is 532. The fourth-order valence-corrected chi connectivity index (χ4v) is 3.30. The van der Waals surface area contributed by atoms with Crippen molar-refractivity contribution >= 4 is 26.0 Å². The van der Waals surface area contributed by atoms with Gasteiger partial charge in [0.2, 0.25) is 10.0 Å². The SMILES string of the molecule is CCOc1ccc(Br)cc1S(=O)(=O)NCCNC(C)C. The van der Waals surface area contributed by atoms with Crippen molar-refractivity contribution < 1.29 is 13.2 Å². The van der Waals surface area contributed by atoms with Gasteiger partial charge in [0.25, 0.3) is 0 Å². The Morgan fingerprint density at radius 3 is 2.60 bits per heavy atom. The lowest BCUT2D eigenvalue weighted by Crippen LogP contribution is -2.34. The largest absolute Gasteiger partial charge is 0.492 e. The molecular weight excluding hydrogens is 344 g/mol. The van der Waals surface area contributed by atoms with Crippen molar-refractivity contribution in [2.75, 3.05) is 19.7 Å². The Hall–Kier alpha value is -0.630. The number of halogens is 1. The molecule has 0 aliphatic carbocycles. The van der Waals surface area contributed by atoms with E-state index in [-0.39, 0.29) is 4.90 Å². The number of sulfonamides is 1. The van der Waals surface area contributed by atoms with Crippen LogP contribution in [0.15, 0.2) is 27.6 Å². The van der Waals surface area contributed by atoms with Crippen LogP contribution >= 0.6 is 15.9 Å². The molecule has 0 saturated carbocycles. The summed E-state index contributed by atoms with van der Waals surface area (Å²) < 4.78 is 33.2. The monoisotopic (exact) mass is 364 g/mol. The van der Waals surface area contributed by atoms with Gasteiger partial charge in [0.15, 0.2) is 0 Å². The summed E-state index contributed by atoms with van der Waals surface area (Å²) in [5, 5.41) is 3.15. The number of ether oxygens (including phenoxy) is 1. The van der Waals surface area contributed by atoms with Crippen molar-refractivity contribution in [1.29, 1.82) is 0 Å². The van der Waals surface area contributed by atoms with Crippen LogP contribution in [0.2, 0.25) is 0 Å². The number of rotatable bonds is 8. The molecule has 0 fully saturated rings. The van der Waals surface area contributed by atoms with Crippen LogP contribution in [0.4, 0.5) is 0 Å². The summed E-state index contributed by atoms with van der Waals surface area (Å²) in [6, 6.07) is 5.27. The third kappa shape index (κ3) is 5.40. The zero-order chi connectivity index (χ0) is 15.2. The van der Waals surface area contributed by atoms with E-state index in [9.17, 15) is 8.42 Å². The average Bonchev–Trinajstić information content (AvgIpc) is 2.37. The van der Waals surface area contributed by atoms with Crippen molar-refractivity contribution in [3.05, 3.63) is 22.7 Å². The molecule has 0 aliphatic rings. The van der Waals surface area contributed by atoms with Crippen LogP contribution < -0.4 is 14.8 Å². The Kier molecular flexibility index (Phi) is 6.94. The summed E-state index contributed by atoms with van der Waals surface area (Å²) in [5.41, 5.74) is 0. The maximum atomic E-state index is 12.3. The maximum Gasteiger partial charge on any atom is 0.244 e. The van der Waals surface area contributed by atoms with Gasteiger partial charge < -0.3 is 10.1 Å². The minimum Gasteiger partial charge on any atom is -0.492 e. The van der Waals surface area contributed by atoms with Crippen LogP contribution in [0.3, 0.4) is 0 Å². The molecule has 20 heavy (non-hydrogen) atoms. The van der Waals surface area contributed by atoms with Gasteiger partial charge in [-0.3, -0.25) is 0 Å². The molecule has 5 nitrogen and oxygen atoms in total. The van der Waals surface area contributed by atoms with E-state index >= 15 is 0 Å². The molecular formula is C13H21BrN2O3S. The fourth-order valence-electron chi connectivity index (χ4n) is 1.59. The minimum absolute atomic E-state index is 0.151. The van der Waals surface area contributed by atoms with Crippen LogP contribution in [0, 0.1) is 0 Å². The first kappa shape index (κ1) is 17.4. The number of nitrogens with one attached hydrogen (secondary N) is 2. The summed E-state index contributed by atoms with van der Waals surface area (Å²) in [6.07, 6.45) is 0. The maximum absolute atomic E-state index is 12.3. The van der Waals surface area contributed by atoms with Gasteiger partial charge in [-0.15, -0.1) is 0 Å². The second kappa shape index (κ2) is 7.97. The lowest BCUT2D eigenvalue weighted by Gasteiger charge is -2.13. The molecule has 0 unspecified atom stereocenters. The van der Waals surface area contributed by atoms with Crippen molar-refractivity contribution in [2.45, 2.75) is 31.7 Å². The first-order valence-corrected chi connectivity index (χ1v) is 8.80. The van der Waals surface area contributed by atoms with Crippen LogP contribution in [0.25, 0.3) is 0 Å². The highest BCUT2D eigenvalue weighted by molar-refractivity contribution is 9.10. The van der Waals surface area contributed by atoms with Gasteiger partial charge in [0.1, 0.15) is 10.6 Å². The normalized spacial score (nSPS) is 11.8. The molecule has 0 heterocycles. The van der Waals surface area contributed by atoms with Crippen molar-refractivity contribution in [2.24, 2.45) is 0 Å². The van der Waals surface area contributed by atoms with Gasteiger partial charge in [-0.05, 0) is 25.1 Å². The van der Waals surface area contributed by atoms with Gasteiger partial charge in [-0.2, -0.15) is 0 Å². The second-order valence-corrected chi connectivity index (χ2v) is 7.18. The van der Waals surface area contributed by atoms with Crippen molar-refractivity contribution in [3.8, 4) is 5.75 Å². The summed E-state index contributed by atoms with van der Waals surface area (Å²) in [5.74, 6) is 0.361. The van der Waals surface area contributed by atoms with Crippen LogP contribution in [-0.4, -0.2) is 34.2 Å². The van der Waals surface area contributed by atoms with Gasteiger partial charge in [0, 0.05) is 23.6 Å². The third-order valence-corrected chi connectivity index (χ3v) is 4.44. The molecule has 2 N–H and O–H groups in total. The van der Waals surface area contributed by atoms with Crippen LogP contribution in [0.5, 0.6) is 5.75 Å². The predicted molar refractivity (Wildman–Crippen MR) is 83.6 cm³/mol. The lowest BCUT2D eigenvalue weighted by atomic mass is 10.3. The molecule has 0 bridgehead atoms. The topological polar surface area (TPSA) is 67.4 Å². The average molecular weight is 365 g/mol. The number of hydrogen-bond donors (Lipinski definition) is 2. The number of hydrogen-bond acceptors (Lipinski definition) is 4. The summed E-state index contributed by atoms with van der Waals surface area (Å²) >= 11 is 3.28. The van der Waals surface area contributed by atoms with E-state index < -0.39 is 10.0 Å². The second-order valence-electron chi connectivity index (χ2n) is 4.53. The van der Waals surface area contributed by atoms with E-state index in [1.165, 1.54) is 0 Å². The van der Waals surface area contributed by atoms with E-state index in [1.54, 1.807) is 18.2 Å². The smallest absolute Gasteiger partial charge is 0.244 e. The number of benzene rings is 1. The Morgan fingerprint density at radius 2 is 2.00 bits per heavy atom. The highest BCUT2D eigenvalue weighted by Gasteiger charge is 2.19. The molecule has 0 spiro atoms. The Morgan fingerprint density at radius 1 is 1.30 bits per heavy atom. The molecule has 0 radical (unpaired) electrons. The van der Waals surface area contributed by atoms with Crippen LogP contribution in [0.1, 0.15) is 20.8 Å². The van der Waals surface area contributed by atoms with E-state index in [2.05, 4.69) is 26.0 Å². The van der Waals surface area contributed by atoms with E-state index in [1.807, 2.05) is 20.8 Å². The Balaban J connectivity index is 2.83. The molecule has 0 saturated heterocycles. The molecule has 1 aromatic rings. The minimum atomic E-state index is -3.58. The highest BCUT2D eigenvalue weighted by atomic mass is 79.9. The van der Waals surface area contributed by atoms with E-state index in [0.29, 0.717) is 36.0 Å². The molecule has 0 aliphatic heterocycles. The van der Waals surface area contributed by atoms with Gasteiger partial charge >= 0.3 is 0 Å². The Labute approximate surface area is 129 Å². The van der Waals surface area contributed by atoms with Gasteiger partial charge in [0.05, 0.1) is 6.61 Å². The summed E-state index contributed by atoms with van der Waals surface area (Å²) in [7, 11) is -3.58. The zero-order valence-electron chi connectivity index (χ0n) is 11.9. The van der Waals surface area contributed by atoms with Gasteiger partial charge in [-0.25, -0.2) is 13.1 Å².